The van der Waals surface area contributed by atoms with E-state index in [1.165, 1.54) is 12.0 Å². The van der Waals surface area contributed by atoms with E-state index in [0.717, 1.165) is 17.3 Å². The molecule has 0 bridgehead atoms. The summed E-state index contributed by atoms with van der Waals surface area (Å²) in [5, 5.41) is 3.07. The summed E-state index contributed by atoms with van der Waals surface area (Å²) < 4.78 is 1.09. The lowest BCUT2D eigenvalue weighted by Gasteiger charge is -2.43. The molecule has 1 aliphatic carbocycles. The van der Waals surface area contributed by atoms with Gasteiger partial charge in [0.1, 0.15) is 0 Å². The first kappa shape index (κ1) is 19.5. The molecule has 2 rings (SSSR count). The van der Waals surface area contributed by atoms with Crippen LogP contribution in [-0.4, -0.2) is 18.5 Å². The Morgan fingerprint density at radius 3 is 2.50 bits per heavy atom. The first-order chi connectivity index (χ1) is 9.74. The zero-order chi connectivity index (χ0) is 15.7. The lowest BCUT2D eigenvalue weighted by Crippen LogP contribution is -2.53. The SMILES string of the molecule is CC(C)(C)[C@H](N)C(=O)NCC1(c2cccc(Br)c2)CCC1.Cl. The van der Waals surface area contributed by atoms with Crippen LogP contribution in [0, 0.1) is 5.41 Å². The van der Waals surface area contributed by atoms with Gasteiger partial charge in [-0.1, -0.05) is 55.3 Å². The van der Waals surface area contributed by atoms with E-state index in [2.05, 4.69) is 39.4 Å². The normalized spacial score (nSPS) is 17.9. The first-order valence-electron chi connectivity index (χ1n) is 7.54. The number of rotatable bonds is 4. The van der Waals surface area contributed by atoms with Crippen LogP contribution in [0.15, 0.2) is 28.7 Å². The highest BCUT2D eigenvalue weighted by Gasteiger charge is 2.39. The van der Waals surface area contributed by atoms with E-state index in [1.54, 1.807) is 0 Å². The molecule has 124 valence electrons. The predicted molar refractivity (Wildman–Crippen MR) is 97.4 cm³/mol. The molecule has 0 aromatic heterocycles. The van der Waals surface area contributed by atoms with Crippen molar-refractivity contribution in [1.82, 2.24) is 5.32 Å². The van der Waals surface area contributed by atoms with Crippen LogP contribution in [0.25, 0.3) is 0 Å². The molecule has 3 N–H and O–H groups in total. The Bertz CT molecular complexity index is 524. The van der Waals surface area contributed by atoms with Gasteiger partial charge >= 0.3 is 0 Å². The van der Waals surface area contributed by atoms with Crippen molar-refractivity contribution in [2.75, 3.05) is 6.54 Å². The van der Waals surface area contributed by atoms with Gasteiger partial charge in [0.15, 0.2) is 0 Å². The zero-order valence-electron chi connectivity index (χ0n) is 13.5. The van der Waals surface area contributed by atoms with Gasteiger partial charge < -0.3 is 11.1 Å². The number of nitrogens with two attached hydrogens (primary N) is 1. The minimum Gasteiger partial charge on any atom is -0.354 e. The van der Waals surface area contributed by atoms with Gasteiger partial charge in [-0.15, -0.1) is 12.4 Å². The van der Waals surface area contributed by atoms with Crippen LogP contribution in [-0.2, 0) is 10.2 Å². The first-order valence-corrected chi connectivity index (χ1v) is 8.33. The number of halogens is 2. The summed E-state index contributed by atoms with van der Waals surface area (Å²) in [5.74, 6) is -0.0521. The Balaban J connectivity index is 0.00000242. The Morgan fingerprint density at radius 2 is 2.05 bits per heavy atom. The lowest BCUT2D eigenvalue weighted by molar-refractivity contribution is -0.125. The number of hydrogen-bond donors (Lipinski definition) is 2. The molecule has 1 saturated carbocycles. The molecule has 1 aliphatic rings. The molecule has 0 aliphatic heterocycles. The topological polar surface area (TPSA) is 55.1 Å². The monoisotopic (exact) mass is 388 g/mol. The highest BCUT2D eigenvalue weighted by Crippen LogP contribution is 2.43. The second-order valence-corrected chi connectivity index (χ2v) is 8.12. The van der Waals surface area contributed by atoms with E-state index in [0.29, 0.717) is 6.54 Å². The summed E-state index contributed by atoms with van der Waals surface area (Å²) in [6, 6.07) is 7.93. The Labute approximate surface area is 148 Å². The van der Waals surface area contributed by atoms with Crippen LogP contribution in [0.3, 0.4) is 0 Å². The molecule has 1 aromatic carbocycles. The minimum absolute atomic E-state index is 0. The molecule has 1 aromatic rings. The maximum Gasteiger partial charge on any atom is 0.237 e. The number of hydrogen-bond acceptors (Lipinski definition) is 2. The van der Waals surface area contributed by atoms with E-state index in [-0.39, 0.29) is 29.1 Å². The standard InChI is InChI=1S/C17H25BrN2O.ClH/c1-16(2,3)14(19)15(21)20-11-17(8-5-9-17)12-6-4-7-13(18)10-12;/h4,6-7,10,14H,5,8-9,11,19H2,1-3H3,(H,20,21);1H/t14-;/m1./s1. The molecule has 1 atom stereocenters. The Kier molecular flexibility index (Phi) is 6.48. The highest BCUT2D eigenvalue weighted by molar-refractivity contribution is 9.10. The molecular formula is C17H26BrClN2O. The maximum absolute atomic E-state index is 12.2. The summed E-state index contributed by atoms with van der Waals surface area (Å²) in [6.45, 7) is 6.64. The van der Waals surface area contributed by atoms with Crippen molar-refractivity contribution in [3.05, 3.63) is 34.3 Å². The summed E-state index contributed by atoms with van der Waals surface area (Å²) in [4.78, 5) is 12.2. The van der Waals surface area contributed by atoms with Crippen LogP contribution in [0.5, 0.6) is 0 Å². The van der Waals surface area contributed by atoms with Crippen LogP contribution in [0.2, 0.25) is 0 Å². The van der Waals surface area contributed by atoms with E-state index in [9.17, 15) is 4.79 Å². The molecule has 5 heteroatoms. The largest absolute Gasteiger partial charge is 0.354 e. The number of carbonyl (C=O) groups is 1. The molecule has 0 radical (unpaired) electrons. The summed E-state index contributed by atoms with van der Waals surface area (Å²) in [5.41, 5.74) is 7.19. The van der Waals surface area contributed by atoms with Crippen molar-refractivity contribution in [2.24, 2.45) is 11.1 Å². The molecule has 3 nitrogen and oxygen atoms in total. The van der Waals surface area contributed by atoms with Gasteiger partial charge in [-0.05, 0) is 36.0 Å². The second-order valence-electron chi connectivity index (χ2n) is 7.21. The van der Waals surface area contributed by atoms with Crippen LogP contribution in [0.1, 0.15) is 45.6 Å². The van der Waals surface area contributed by atoms with E-state index >= 15 is 0 Å². The number of benzene rings is 1. The average Bonchev–Trinajstić information content (AvgIpc) is 2.35. The maximum atomic E-state index is 12.2. The summed E-state index contributed by atoms with van der Waals surface area (Å²) in [6.07, 6.45) is 3.46. The lowest BCUT2D eigenvalue weighted by atomic mass is 9.64. The van der Waals surface area contributed by atoms with Gasteiger partial charge in [-0.2, -0.15) is 0 Å². The van der Waals surface area contributed by atoms with Gasteiger partial charge in [-0.25, -0.2) is 0 Å². The van der Waals surface area contributed by atoms with Crippen LogP contribution < -0.4 is 11.1 Å². The van der Waals surface area contributed by atoms with Crippen molar-refractivity contribution in [1.29, 1.82) is 0 Å². The fourth-order valence-electron chi connectivity index (χ4n) is 2.75. The van der Waals surface area contributed by atoms with Gasteiger partial charge in [0.05, 0.1) is 6.04 Å². The molecular weight excluding hydrogens is 364 g/mol. The van der Waals surface area contributed by atoms with Crippen molar-refractivity contribution in [2.45, 2.75) is 51.5 Å². The third-order valence-corrected chi connectivity index (χ3v) is 5.06. The fourth-order valence-corrected chi connectivity index (χ4v) is 3.15. The van der Waals surface area contributed by atoms with Gasteiger partial charge in [0, 0.05) is 16.4 Å². The molecule has 22 heavy (non-hydrogen) atoms. The van der Waals surface area contributed by atoms with Crippen molar-refractivity contribution < 1.29 is 4.79 Å². The summed E-state index contributed by atoms with van der Waals surface area (Å²) in [7, 11) is 0. The number of carbonyl (C=O) groups excluding carboxylic acids is 1. The zero-order valence-corrected chi connectivity index (χ0v) is 15.9. The van der Waals surface area contributed by atoms with E-state index < -0.39 is 6.04 Å². The van der Waals surface area contributed by atoms with Gasteiger partial charge in [-0.3, -0.25) is 4.79 Å². The van der Waals surface area contributed by atoms with E-state index in [4.69, 9.17) is 5.73 Å². The van der Waals surface area contributed by atoms with Crippen molar-refractivity contribution in [3.8, 4) is 0 Å². The van der Waals surface area contributed by atoms with Gasteiger partial charge in [0.2, 0.25) is 5.91 Å². The quantitative estimate of drug-likeness (QED) is 0.823. The predicted octanol–water partition coefficient (Wildman–Crippen LogP) is 3.78. The Morgan fingerprint density at radius 1 is 1.41 bits per heavy atom. The third kappa shape index (κ3) is 4.24. The van der Waals surface area contributed by atoms with Gasteiger partial charge in [0.25, 0.3) is 0 Å². The average molecular weight is 390 g/mol. The molecule has 0 unspecified atom stereocenters. The fraction of sp³-hybridized carbons (Fsp3) is 0.588. The van der Waals surface area contributed by atoms with Crippen LogP contribution >= 0.6 is 28.3 Å². The van der Waals surface area contributed by atoms with E-state index in [1.807, 2.05) is 26.8 Å². The molecule has 0 saturated heterocycles. The smallest absolute Gasteiger partial charge is 0.237 e. The summed E-state index contributed by atoms with van der Waals surface area (Å²) >= 11 is 3.53. The second kappa shape index (κ2) is 7.33. The number of amides is 1. The Hall–Kier alpha value is -0.580. The van der Waals surface area contributed by atoms with Crippen molar-refractivity contribution >= 4 is 34.2 Å². The molecule has 0 heterocycles. The molecule has 1 amide bonds. The van der Waals surface area contributed by atoms with Crippen molar-refractivity contribution in [3.63, 3.8) is 0 Å². The van der Waals surface area contributed by atoms with Crippen LogP contribution in [0.4, 0.5) is 0 Å². The molecule has 1 fully saturated rings. The third-order valence-electron chi connectivity index (χ3n) is 4.56. The number of nitrogens with one attached hydrogen (secondary N) is 1. The molecule has 0 spiro atoms. The highest BCUT2D eigenvalue weighted by atomic mass is 79.9. The minimum atomic E-state index is -0.475.